The number of benzene rings is 1. The van der Waals surface area contributed by atoms with E-state index in [1.54, 1.807) is 7.05 Å². The van der Waals surface area contributed by atoms with Crippen molar-refractivity contribution in [3.8, 4) is 0 Å². The molecule has 0 unspecified atom stereocenters. The fraction of sp³-hybridized carbons (Fsp3) is 0.500. The Balaban J connectivity index is 1.82. The molecule has 1 atom stereocenters. The van der Waals surface area contributed by atoms with Gasteiger partial charge in [0.15, 0.2) is 0 Å². The van der Waals surface area contributed by atoms with Gasteiger partial charge >= 0.3 is 0 Å². The highest BCUT2D eigenvalue weighted by Gasteiger charge is 2.23. The number of hydrogen-bond donors (Lipinski definition) is 1. The molecule has 3 heteroatoms. The Hall–Kier alpha value is -1.35. The molecule has 0 aliphatic carbocycles. The van der Waals surface area contributed by atoms with Gasteiger partial charge in [0.2, 0.25) is 5.91 Å². The summed E-state index contributed by atoms with van der Waals surface area (Å²) in [6.45, 7) is 3.07. The molecule has 0 radical (unpaired) electrons. The normalized spacial score (nSPS) is 20.4. The van der Waals surface area contributed by atoms with Crippen LogP contribution in [0.5, 0.6) is 0 Å². The number of carbonyl (C=O) groups excluding carboxylic acids is 1. The van der Waals surface area contributed by atoms with Crippen LogP contribution in [0.4, 0.5) is 0 Å². The number of hydrogen-bond acceptors (Lipinski definition) is 2. The van der Waals surface area contributed by atoms with E-state index in [1.165, 1.54) is 12.0 Å². The molecule has 1 aliphatic heterocycles. The molecule has 2 rings (SSSR count). The van der Waals surface area contributed by atoms with Gasteiger partial charge in [-0.3, -0.25) is 4.79 Å². The Morgan fingerprint density at radius 1 is 1.41 bits per heavy atom. The molecule has 1 saturated heterocycles. The van der Waals surface area contributed by atoms with Crippen molar-refractivity contribution in [2.75, 3.05) is 26.7 Å². The summed E-state index contributed by atoms with van der Waals surface area (Å²) < 4.78 is 0. The third-order valence-corrected chi connectivity index (χ3v) is 3.48. The predicted octanol–water partition coefficient (Wildman–Crippen LogP) is 1.61. The molecule has 0 spiro atoms. The smallest absolute Gasteiger partial charge is 0.221 e. The molecule has 0 saturated carbocycles. The molecule has 1 aliphatic rings. The van der Waals surface area contributed by atoms with Crippen LogP contribution in [0.1, 0.15) is 24.3 Å². The van der Waals surface area contributed by atoms with Crippen LogP contribution in [0.25, 0.3) is 0 Å². The highest BCUT2D eigenvalue weighted by atomic mass is 16.1. The van der Waals surface area contributed by atoms with E-state index in [2.05, 4.69) is 40.5 Å². The minimum Gasteiger partial charge on any atom is -0.359 e. The van der Waals surface area contributed by atoms with Gasteiger partial charge in [-0.1, -0.05) is 30.3 Å². The first-order chi connectivity index (χ1) is 8.29. The van der Waals surface area contributed by atoms with E-state index in [9.17, 15) is 4.79 Å². The SMILES string of the molecule is CNC(=O)CCN1CC[C@H](c2ccccc2)C1. The van der Waals surface area contributed by atoms with Crippen molar-refractivity contribution in [3.05, 3.63) is 35.9 Å². The second-order valence-electron chi connectivity index (χ2n) is 4.62. The lowest BCUT2D eigenvalue weighted by Crippen LogP contribution is -2.27. The van der Waals surface area contributed by atoms with Gasteiger partial charge in [0.1, 0.15) is 0 Å². The van der Waals surface area contributed by atoms with Crippen LogP contribution in [-0.4, -0.2) is 37.5 Å². The summed E-state index contributed by atoms with van der Waals surface area (Å²) >= 11 is 0. The molecule has 0 aromatic heterocycles. The molecule has 1 aromatic rings. The van der Waals surface area contributed by atoms with E-state index in [-0.39, 0.29) is 5.91 Å². The number of amides is 1. The Morgan fingerprint density at radius 3 is 2.88 bits per heavy atom. The summed E-state index contributed by atoms with van der Waals surface area (Å²) in [5.41, 5.74) is 1.43. The monoisotopic (exact) mass is 232 g/mol. The third kappa shape index (κ3) is 3.30. The summed E-state index contributed by atoms with van der Waals surface area (Å²) in [5, 5.41) is 2.67. The first-order valence-electron chi connectivity index (χ1n) is 6.27. The first kappa shape index (κ1) is 12.1. The summed E-state index contributed by atoms with van der Waals surface area (Å²) in [5.74, 6) is 0.772. The third-order valence-electron chi connectivity index (χ3n) is 3.48. The average molecular weight is 232 g/mol. The van der Waals surface area contributed by atoms with Crippen LogP contribution in [0.15, 0.2) is 30.3 Å². The van der Waals surface area contributed by atoms with E-state index in [4.69, 9.17) is 0 Å². The Bertz CT molecular complexity index is 364. The van der Waals surface area contributed by atoms with Gasteiger partial charge in [-0.2, -0.15) is 0 Å². The lowest BCUT2D eigenvalue weighted by Gasteiger charge is -2.15. The van der Waals surface area contributed by atoms with Gasteiger partial charge in [-0.05, 0) is 24.4 Å². The van der Waals surface area contributed by atoms with Crippen LogP contribution < -0.4 is 5.32 Å². The molecular formula is C14H20N2O. The minimum absolute atomic E-state index is 0.133. The van der Waals surface area contributed by atoms with E-state index >= 15 is 0 Å². The Kier molecular flexibility index (Phi) is 4.15. The van der Waals surface area contributed by atoms with Crippen molar-refractivity contribution in [3.63, 3.8) is 0 Å². The molecular weight excluding hydrogens is 212 g/mol. The molecule has 92 valence electrons. The lowest BCUT2D eigenvalue weighted by molar-refractivity contribution is -0.120. The largest absolute Gasteiger partial charge is 0.359 e. The second-order valence-corrected chi connectivity index (χ2v) is 4.62. The highest BCUT2D eigenvalue weighted by molar-refractivity contribution is 5.75. The lowest BCUT2D eigenvalue weighted by atomic mass is 9.99. The molecule has 1 aromatic carbocycles. The topological polar surface area (TPSA) is 32.3 Å². The van der Waals surface area contributed by atoms with Crippen molar-refractivity contribution in [1.82, 2.24) is 10.2 Å². The zero-order chi connectivity index (χ0) is 12.1. The number of nitrogens with one attached hydrogen (secondary N) is 1. The zero-order valence-electron chi connectivity index (χ0n) is 10.4. The summed E-state index contributed by atoms with van der Waals surface area (Å²) in [4.78, 5) is 13.6. The zero-order valence-corrected chi connectivity index (χ0v) is 10.4. The molecule has 1 heterocycles. The summed E-state index contributed by atoms with van der Waals surface area (Å²) in [7, 11) is 1.69. The molecule has 1 amide bonds. The number of carbonyl (C=O) groups is 1. The number of likely N-dealkylation sites (tertiary alicyclic amines) is 1. The number of nitrogens with zero attached hydrogens (tertiary/aromatic N) is 1. The van der Waals surface area contributed by atoms with Crippen molar-refractivity contribution >= 4 is 5.91 Å². The van der Waals surface area contributed by atoms with Crippen LogP contribution in [0.3, 0.4) is 0 Å². The molecule has 17 heavy (non-hydrogen) atoms. The molecule has 0 bridgehead atoms. The van der Waals surface area contributed by atoms with Gasteiger partial charge < -0.3 is 10.2 Å². The first-order valence-corrected chi connectivity index (χ1v) is 6.27. The van der Waals surface area contributed by atoms with Crippen molar-refractivity contribution < 1.29 is 4.79 Å². The van der Waals surface area contributed by atoms with E-state index < -0.39 is 0 Å². The van der Waals surface area contributed by atoms with E-state index in [0.29, 0.717) is 12.3 Å². The molecule has 3 nitrogen and oxygen atoms in total. The Morgan fingerprint density at radius 2 is 2.18 bits per heavy atom. The quantitative estimate of drug-likeness (QED) is 0.855. The maximum Gasteiger partial charge on any atom is 0.221 e. The van der Waals surface area contributed by atoms with Gasteiger partial charge in [0.05, 0.1) is 0 Å². The van der Waals surface area contributed by atoms with Gasteiger partial charge in [0, 0.05) is 26.6 Å². The minimum atomic E-state index is 0.133. The summed E-state index contributed by atoms with van der Waals surface area (Å²) in [6, 6.07) is 10.7. The van der Waals surface area contributed by atoms with Crippen LogP contribution in [-0.2, 0) is 4.79 Å². The van der Waals surface area contributed by atoms with Gasteiger partial charge in [0.25, 0.3) is 0 Å². The van der Waals surface area contributed by atoms with Gasteiger partial charge in [-0.15, -0.1) is 0 Å². The van der Waals surface area contributed by atoms with Crippen molar-refractivity contribution in [2.45, 2.75) is 18.8 Å². The molecule has 1 fully saturated rings. The van der Waals surface area contributed by atoms with Crippen molar-refractivity contribution in [1.29, 1.82) is 0 Å². The standard InChI is InChI=1S/C14H20N2O/c1-15-14(17)8-10-16-9-7-13(11-16)12-5-3-2-4-6-12/h2-6,13H,7-11H2,1H3,(H,15,17)/t13-/m0/s1. The van der Waals surface area contributed by atoms with E-state index in [1.807, 2.05) is 0 Å². The number of rotatable bonds is 4. The van der Waals surface area contributed by atoms with Gasteiger partial charge in [-0.25, -0.2) is 0 Å². The predicted molar refractivity (Wildman–Crippen MR) is 68.9 cm³/mol. The summed E-state index contributed by atoms with van der Waals surface area (Å²) in [6.07, 6.45) is 1.82. The van der Waals surface area contributed by atoms with Crippen LogP contribution >= 0.6 is 0 Å². The van der Waals surface area contributed by atoms with E-state index in [0.717, 1.165) is 19.6 Å². The fourth-order valence-corrected chi connectivity index (χ4v) is 2.42. The maximum atomic E-state index is 11.2. The second kappa shape index (κ2) is 5.82. The molecule has 1 N–H and O–H groups in total. The Labute approximate surface area is 103 Å². The van der Waals surface area contributed by atoms with Crippen LogP contribution in [0.2, 0.25) is 0 Å². The average Bonchev–Trinajstić information content (AvgIpc) is 2.86. The fourth-order valence-electron chi connectivity index (χ4n) is 2.42. The maximum absolute atomic E-state index is 11.2. The van der Waals surface area contributed by atoms with Crippen molar-refractivity contribution in [2.24, 2.45) is 0 Å². The van der Waals surface area contributed by atoms with Crippen LogP contribution in [0, 0.1) is 0 Å². The highest BCUT2D eigenvalue weighted by Crippen LogP contribution is 2.26.